The first-order valence-electron chi connectivity index (χ1n) is 4.55. The first-order chi connectivity index (χ1) is 7.06. The molecule has 0 fully saturated rings. The summed E-state index contributed by atoms with van der Waals surface area (Å²) in [7, 11) is 1.77. The van der Waals surface area contributed by atoms with Crippen LogP contribution in [0.5, 0.6) is 0 Å². The lowest BCUT2D eigenvalue weighted by molar-refractivity contribution is 0.0697. The predicted molar refractivity (Wildman–Crippen MR) is 60.2 cm³/mol. The number of carbonyl (C=O) groups is 1. The largest absolute Gasteiger partial charge is 0.478 e. The van der Waals surface area contributed by atoms with Gasteiger partial charge in [0.2, 0.25) is 0 Å². The van der Waals surface area contributed by atoms with E-state index < -0.39 is 5.97 Å². The molecule has 0 saturated heterocycles. The number of carboxylic acid groups (broad SMARTS) is 1. The van der Waals surface area contributed by atoms with Crippen LogP contribution in [-0.2, 0) is 0 Å². The Morgan fingerprint density at radius 3 is 2.80 bits per heavy atom. The lowest BCUT2D eigenvalue weighted by atomic mass is 10.1. The highest BCUT2D eigenvalue weighted by Gasteiger charge is 2.12. The monoisotopic (exact) mass is 203 g/mol. The molecule has 0 bridgehead atoms. The van der Waals surface area contributed by atoms with Gasteiger partial charge in [-0.2, -0.15) is 0 Å². The second kappa shape index (κ2) is 4.52. The molecule has 1 N–H and O–H groups in total. The molecule has 0 aliphatic carbocycles. The molecule has 3 nitrogen and oxygen atoms in total. The summed E-state index contributed by atoms with van der Waals surface area (Å²) in [4.78, 5) is 12.7. The highest BCUT2D eigenvalue weighted by molar-refractivity contribution is 5.94. The SMILES string of the molecule is C#CCN(C)c1ccc(C)cc1C(=O)O. The van der Waals surface area contributed by atoms with Crippen LogP contribution in [0, 0.1) is 19.3 Å². The standard InChI is InChI=1S/C12H13NO2/c1-4-7-13(3)11-6-5-9(2)8-10(11)12(14)15/h1,5-6,8H,7H2,2-3H3,(H,14,15). The fraction of sp³-hybridized carbons (Fsp3) is 0.250. The molecule has 0 heterocycles. The Morgan fingerprint density at radius 1 is 1.60 bits per heavy atom. The van der Waals surface area contributed by atoms with Crippen LogP contribution in [0.3, 0.4) is 0 Å². The minimum absolute atomic E-state index is 0.285. The zero-order chi connectivity index (χ0) is 11.4. The molecule has 0 radical (unpaired) electrons. The zero-order valence-corrected chi connectivity index (χ0v) is 8.82. The third kappa shape index (κ3) is 2.50. The third-order valence-corrected chi connectivity index (χ3v) is 2.12. The molecule has 0 aliphatic heterocycles. The Hall–Kier alpha value is -1.95. The van der Waals surface area contributed by atoms with Gasteiger partial charge in [-0.25, -0.2) is 4.79 Å². The number of nitrogens with zero attached hydrogens (tertiary/aromatic N) is 1. The summed E-state index contributed by atoms with van der Waals surface area (Å²) in [6.45, 7) is 2.25. The molecular formula is C12H13NO2. The van der Waals surface area contributed by atoms with E-state index in [0.29, 0.717) is 12.2 Å². The van der Waals surface area contributed by atoms with Gasteiger partial charge in [0.05, 0.1) is 17.8 Å². The molecule has 78 valence electrons. The predicted octanol–water partition coefficient (Wildman–Crippen LogP) is 1.76. The quantitative estimate of drug-likeness (QED) is 0.761. The van der Waals surface area contributed by atoms with Crippen LogP contribution in [-0.4, -0.2) is 24.7 Å². The van der Waals surface area contributed by atoms with Crippen molar-refractivity contribution in [3.8, 4) is 12.3 Å². The van der Waals surface area contributed by atoms with Gasteiger partial charge in [-0.15, -0.1) is 6.42 Å². The van der Waals surface area contributed by atoms with Gasteiger partial charge in [0, 0.05) is 7.05 Å². The Kier molecular flexibility index (Phi) is 3.35. The summed E-state index contributed by atoms with van der Waals surface area (Å²) in [5.41, 5.74) is 1.85. The molecule has 0 saturated carbocycles. The van der Waals surface area contributed by atoms with Crippen molar-refractivity contribution in [1.29, 1.82) is 0 Å². The van der Waals surface area contributed by atoms with Crippen LogP contribution in [0.1, 0.15) is 15.9 Å². The van der Waals surface area contributed by atoms with Crippen LogP contribution in [0.2, 0.25) is 0 Å². The average Bonchev–Trinajstić information content (AvgIpc) is 2.17. The molecule has 1 rings (SSSR count). The molecule has 0 aliphatic rings. The summed E-state index contributed by atoms with van der Waals surface area (Å²) in [5.74, 6) is 1.55. The average molecular weight is 203 g/mol. The van der Waals surface area contributed by atoms with E-state index in [1.165, 1.54) is 0 Å². The van der Waals surface area contributed by atoms with E-state index in [1.807, 2.05) is 13.0 Å². The highest BCUT2D eigenvalue weighted by atomic mass is 16.4. The number of rotatable bonds is 3. The van der Waals surface area contributed by atoms with Crippen molar-refractivity contribution in [3.05, 3.63) is 29.3 Å². The van der Waals surface area contributed by atoms with Crippen molar-refractivity contribution in [2.24, 2.45) is 0 Å². The van der Waals surface area contributed by atoms with Crippen LogP contribution < -0.4 is 4.90 Å². The van der Waals surface area contributed by atoms with Crippen molar-refractivity contribution < 1.29 is 9.90 Å². The Labute approximate surface area is 89.3 Å². The number of benzene rings is 1. The zero-order valence-electron chi connectivity index (χ0n) is 8.82. The number of aryl methyl sites for hydroxylation is 1. The molecule has 1 aromatic rings. The smallest absolute Gasteiger partial charge is 0.337 e. The number of hydrogen-bond acceptors (Lipinski definition) is 2. The van der Waals surface area contributed by atoms with Crippen molar-refractivity contribution >= 4 is 11.7 Å². The first-order valence-corrected chi connectivity index (χ1v) is 4.55. The molecule has 0 atom stereocenters. The molecule has 3 heteroatoms. The van der Waals surface area contributed by atoms with Gasteiger partial charge < -0.3 is 10.0 Å². The van der Waals surface area contributed by atoms with E-state index in [9.17, 15) is 4.79 Å². The topological polar surface area (TPSA) is 40.5 Å². The number of carboxylic acids is 1. The number of anilines is 1. The molecular weight excluding hydrogens is 190 g/mol. The molecule has 15 heavy (non-hydrogen) atoms. The van der Waals surface area contributed by atoms with Gasteiger partial charge in [0.25, 0.3) is 0 Å². The fourth-order valence-electron chi connectivity index (χ4n) is 1.38. The second-order valence-electron chi connectivity index (χ2n) is 3.39. The van der Waals surface area contributed by atoms with Gasteiger partial charge in [-0.05, 0) is 19.1 Å². The Balaban J connectivity index is 3.17. The van der Waals surface area contributed by atoms with Crippen molar-refractivity contribution in [3.63, 3.8) is 0 Å². The second-order valence-corrected chi connectivity index (χ2v) is 3.39. The molecule has 0 unspecified atom stereocenters. The minimum atomic E-state index is -0.933. The molecule has 0 amide bonds. The van der Waals surface area contributed by atoms with Gasteiger partial charge >= 0.3 is 5.97 Å². The van der Waals surface area contributed by atoms with E-state index in [1.54, 1.807) is 24.1 Å². The van der Waals surface area contributed by atoms with E-state index in [2.05, 4.69) is 5.92 Å². The van der Waals surface area contributed by atoms with E-state index in [-0.39, 0.29) is 5.56 Å². The van der Waals surface area contributed by atoms with E-state index in [4.69, 9.17) is 11.5 Å². The number of hydrogen-bond donors (Lipinski definition) is 1. The summed E-state index contributed by atoms with van der Waals surface area (Å²) in [5, 5.41) is 9.03. The van der Waals surface area contributed by atoms with Crippen molar-refractivity contribution in [2.45, 2.75) is 6.92 Å². The van der Waals surface area contributed by atoms with Crippen LogP contribution in [0.25, 0.3) is 0 Å². The van der Waals surface area contributed by atoms with Crippen LogP contribution in [0.4, 0.5) is 5.69 Å². The third-order valence-electron chi connectivity index (χ3n) is 2.12. The van der Waals surface area contributed by atoms with Gasteiger partial charge in [0.1, 0.15) is 0 Å². The molecule has 0 aromatic heterocycles. The summed E-state index contributed by atoms with van der Waals surface area (Å²) >= 11 is 0. The van der Waals surface area contributed by atoms with Crippen LogP contribution in [0.15, 0.2) is 18.2 Å². The minimum Gasteiger partial charge on any atom is -0.478 e. The number of terminal acetylenes is 1. The fourth-order valence-corrected chi connectivity index (χ4v) is 1.38. The summed E-state index contributed by atoms with van der Waals surface area (Å²) < 4.78 is 0. The van der Waals surface area contributed by atoms with Crippen LogP contribution >= 0.6 is 0 Å². The number of aromatic carboxylic acids is 1. The van der Waals surface area contributed by atoms with E-state index in [0.717, 1.165) is 5.56 Å². The molecule has 1 aromatic carbocycles. The highest BCUT2D eigenvalue weighted by Crippen LogP contribution is 2.20. The van der Waals surface area contributed by atoms with Gasteiger partial charge in [-0.3, -0.25) is 0 Å². The maximum Gasteiger partial charge on any atom is 0.337 e. The Bertz CT molecular complexity index is 418. The Morgan fingerprint density at radius 2 is 2.27 bits per heavy atom. The summed E-state index contributed by atoms with van der Waals surface area (Å²) in [6.07, 6.45) is 5.18. The molecule has 0 spiro atoms. The van der Waals surface area contributed by atoms with Gasteiger partial charge in [0.15, 0.2) is 0 Å². The normalized spacial score (nSPS) is 9.40. The van der Waals surface area contributed by atoms with Crippen molar-refractivity contribution in [1.82, 2.24) is 0 Å². The van der Waals surface area contributed by atoms with Crippen molar-refractivity contribution in [2.75, 3.05) is 18.5 Å². The maximum atomic E-state index is 11.0. The lowest BCUT2D eigenvalue weighted by Crippen LogP contribution is -2.20. The van der Waals surface area contributed by atoms with E-state index >= 15 is 0 Å². The van der Waals surface area contributed by atoms with Gasteiger partial charge in [-0.1, -0.05) is 17.6 Å². The lowest BCUT2D eigenvalue weighted by Gasteiger charge is -2.18. The maximum absolute atomic E-state index is 11.0. The summed E-state index contributed by atoms with van der Waals surface area (Å²) in [6, 6.07) is 5.29. The first kappa shape index (κ1) is 11.1.